The normalized spacial score (nSPS) is 18.7. The van der Waals surface area contributed by atoms with E-state index in [1.807, 2.05) is 13.1 Å². The maximum absolute atomic E-state index is 10.3. The van der Waals surface area contributed by atoms with E-state index in [1.165, 1.54) is 0 Å². The molecule has 2 heterocycles. The molecular formula is C12H19N3O2. The summed E-state index contributed by atoms with van der Waals surface area (Å²) in [6, 6.07) is 1.97. The minimum atomic E-state index is -0.659. The van der Waals surface area contributed by atoms with E-state index >= 15 is 0 Å². The maximum atomic E-state index is 10.3. The zero-order chi connectivity index (χ0) is 12.1. The number of pyridine rings is 1. The number of aromatic nitrogens is 1. The van der Waals surface area contributed by atoms with Gasteiger partial charge in [0.25, 0.3) is 0 Å². The third-order valence-electron chi connectivity index (χ3n) is 3.07. The third kappa shape index (κ3) is 3.31. The first kappa shape index (κ1) is 12.1. The van der Waals surface area contributed by atoms with Gasteiger partial charge in [0.05, 0.1) is 29.4 Å². The van der Waals surface area contributed by atoms with Crippen LogP contribution in [0.25, 0.3) is 0 Å². The number of hydrogen-bond acceptors (Lipinski definition) is 5. The van der Waals surface area contributed by atoms with Crippen molar-refractivity contribution in [2.75, 3.05) is 37.4 Å². The highest BCUT2D eigenvalue weighted by molar-refractivity contribution is 5.53. The van der Waals surface area contributed by atoms with Crippen LogP contribution in [0.15, 0.2) is 18.5 Å². The maximum Gasteiger partial charge on any atom is 0.0863 e. The Morgan fingerprint density at radius 1 is 1.35 bits per heavy atom. The monoisotopic (exact) mass is 237 g/mol. The first-order chi connectivity index (χ1) is 8.22. The zero-order valence-corrected chi connectivity index (χ0v) is 10.1. The van der Waals surface area contributed by atoms with Crippen LogP contribution in [-0.4, -0.2) is 42.5 Å². The molecule has 1 aromatic heterocycles. The van der Waals surface area contributed by atoms with Crippen molar-refractivity contribution in [1.29, 1.82) is 0 Å². The summed E-state index contributed by atoms with van der Waals surface area (Å²) in [5, 5.41) is 16.5. The Bertz CT molecular complexity index is 365. The number of anilines is 2. The van der Waals surface area contributed by atoms with Crippen molar-refractivity contribution < 1.29 is 9.84 Å². The molecule has 17 heavy (non-hydrogen) atoms. The summed E-state index contributed by atoms with van der Waals surface area (Å²) >= 11 is 0. The smallest absolute Gasteiger partial charge is 0.0863 e. The third-order valence-corrected chi connectivity index (χ3v) is 3.07. The number of rotatable bonds is 4. The lowest BCUT2D eigenvalue weighted by atomic mass is 9.94. The Morgan fingerprint density at radius 3 is 2.76 bits per heavy atom. The zero-order valence-electron chi connectivity index (χ0n) is 10.1. The molecule has 5 nitrogen and oxygen atoms in total. The van der Waals surface area contributed by atoms with Crippen LogP contribution in [0.1, 0.15) is 12.8 Å². The van der Waals surface area contributed by atoms with Gasteiger partial charge in [-0.3, -0.25) is 4.98 Å². The summed E-state index contributed by atoms with van der Waals surface area (Å²) in [6.07, 6.45) is 4.87. The molecule has 1 fully saturated rings. The molecule has 0 atom stereocenters. The van der Waals surface area contributed by atoms with Crippen molar-refractivity contribution in [2.45, 2.75) is 18.4 Å². The van der Waals surface area contributed by atoms with Gasteiger partial charge in [0.1, 0.15) is 0 Å². The highest BCUT2D eigenvalue weighted by atomic mass is 16.5. The second-order valence-corrected chi connectivity index (χ2v) is 4.40. The van der Waals surface area contributed by atoms with E-state index in [4.69, 9.17) is 4.74 Å². The molecule has 3 N–H and O–H groups in total. The first-order valence-electron chi connectivity index (χ1n) is 5.89. The summed E-state index contributed by atoms with van der Waals surface area (Å²) in [6.45, 7) is 1.80. The lowest BCUT2D eigenvalue weighted by molar-refractivity contribution is -0.0543. The van der Waals surface area contributed by atoms with Gasteiger partial charge in [-0.1, -0.05) is 0 Å². The summed E-state index contributed by atoms with van der Waals surface area (Å²) in [5.41, 5.74) is 1.21. The SMILES string of the molecule is CNc1cncc(NCC2(O)CCOCC2)c1. The first-order valence-corrected chi connectivity index (χ1v) is 5.89. The average Bonchev–Trinajstić information content (AvgIpc) is 2.38. The highest BCUT2D eigenvalue weighted by Gasteiger charge is 2.29. The van der Waals surface area contributed by atoms with Crippen molar-refractivity contribution >= 4 is 11.4 Å². The second kappa shape index (κ2) is 5.33. The van der Waals surface area contributed by atoms with Gasteiger partial charge in [-0.2, -0.15) is 0 Å². The summed E-state index contributed by atoms with van der Waals surface area (Å²) < 4.78 is 5.24. The van der Waals surface area contributed by atoms with Crippen LogP contribution in [0.5, 0.6) is 0 Å². The average molecular weight is 237 g/mol. The van der Waals surface area contributed by atoms with Gasteiger partial charge in [-0.25, -0.2) is 0 Å². The molecule has 0 aliphatic carbocycles. The van der Waals surface area contributed by atoms with Crippen LogP contribution in [-0.2, 0) is 4.74 Å². The molecule has 0 bridgehead atoms. The number of ether oxygens (including phenoxy) is 1. The summed E-state index contributed by atoms with van der Waals surface area (Å²) in [7, 11) is 1.85. The minimum Gasteiger partial charge on any atom is -0.388 e. The molecule has 1 aromatic rings. The van der Waals surface area contributed by atoms with E-state index < -0.39 is 5.60 Å². The second-order valence-electron chi connectivity index (χ2n) is 4.40. The van der Waals surface area contributed by atoms with E-state index in [0.717, 1.165) is 11.4 Å². The lowest BCUT2D eigenvalue weighted by Crippen LogP contribution is -2.42. The van der Waals surface area contributed by atoms with Crippen molar-refractivity contribution in [3.63, 3.8) is 0 Å². The Morgan fingerprint density at radius 2 is 2.06 bits per heavy atom. The Hall–Kier alpha value is -1.33. The molecule has 94 valence electrons. The Kier molecular flexibility index (Phi) is 3.81. The van der Waals surface area contributed by atoms with Gasteiger partial charge >= 0.3 is 0 Å². The minimum absolute atomic E-state index is 0.533. The number of aliphatic hydroxyl groups is 1. The van der Waals surface area contributed by atoms with Crippen LogP contribution in [0.4, 0.5) is 11.4 Å². The topological polar surface area (TPSA) is 66.4 Å². The molecule has 1 aliphatic heterocycles. The van der Waals surface area contributed by atoms with Crippen LogP contribution in [0.3, 0.4) is 0 Å². The van der Waals surface area contributed by atoms with Gasteiger partial charge < -0.3 is 20.5 Å². The predicted molar refractivity (Wildman–Crippen MR) is 67.3 cm³/mol. The van der Waals surface area contributed by atoms with E-state index in [2.05, 4.69) is 15.6 Å². The number of nitrogens with zero attached hydrogens (tertiary/aromatic N) is 1. The number of nitrogens with one attached hydrogen (secondary N) is 2. The van der Waals surface area contributed by atoms with Gasteiger partial charge in [-0.05, 0) is 6.07 Å². The van der Waals surface area contributed by atoms with Crippen molar-refractivity contribution in [1.82, 2.24) is 4.98 Å². The fourth-order valence-corrected chi connectivity index (χ4v) is 1.87. The molecule has 0 radical (unpaired) electrons. The molecule has 0 unspecified atom stereocenters. The largest absolute Gasteiger partial charge is 0.388 e. The summed E-state index contributed by atoms with van der Waals surface area (Å²) in [4.78, 5) is 4.11. The van der Waals surface area contributed by atoms with Crippen molar-refractivity contribution in [3.8, 4) is 0 Å². The van der Waals surface area contributed by atoms with Crippen LogP contribution in [0.2, 0.25) is 0 Å². The molecule has 5 heteroatoms. The van der Waals surface area contributed by atoms with Gasteiger partial charge in [-0.15, -0.1) is 0 Å². The quantitative estimate of drug-likeness (QED) is 0.731. The predicted octanol–water partition coefficient (Wildman–Crippen LogP) is 1.08. The van der Waals surface area contributed by atoms with E-state index in [-0.39, 0.29) is 0 Å². The van der Waals surface area contributed by atoms with Gasteiger partial charge in [0.15, 0.2) is 0 Å². The molecule has 1 aliphatic rings. The number of hydrogen-bond donors (Lipinski definition) is 3. The van der Waals surface area contributed by atoms with Crippen molar-refractivity contribution in [3.05, 3.63) is 18.5 Å². The van der Waals surface area contributed by atoms with Crippen LogP contribution >= 0.6 is 0 Å². The van der Waals surface area contributed by atoms with E-state index in [1.54, 1.807) is 12.4 Å². The van der Waals surface area contributed by atoms with Crippen molar-refractivity contribution in [2.24, 2.45) is 0 Å². The Labute approximate surface area is 101 Å². The lowest BCUT2D eigenvalue weighted by Gasteiger charge is -2.32. The fourth-order valence-electron chi connectivity index (χ4n) is 1.87. The molecule has 0 aromatic carbocycles. The highest BCUT2D eigenvalue weighted by Crippen LogP contribution is 2.21. The molecule has 0 saturated carbocycles. The molecule has 0 amide bonds. The molecule has 2 rings (SSSR count). The fraction of sp³-hybridized carbons (Fsp3) is 0.583. The molecule has 0 spiro atoms. The Balaban J connectivity index is 1.92. The van der Waals surface area contributed by atoms with Crippen LogP contribution in [0, 0.1) is 0 Å². The van der Waals surface area contributed by atoms with Crippen LogP contribution < -0.4 is 10.6 Å². The molecular weight excluding hydrogens is 218 g/mol. The van der Waals surface area contributed by atoms with Gasteiger partial charge in [0, 0.05) is 39.6 Å². The standard InChI is InChI=1S/C12H19N3O2/c1-13-10-6-11(8-14-7-10)15-9-12(16)2-4-17-5-3-12/h6-8,13,15-16H,2-5,9H2,1H3. The van der Waals surface area contributed by atoms with E-state index in [0.29, 0.717) is 32.6 Å². The molecule has 1 saturated heterocycles. The van der Waals surface area contributed by atoms with E-state index in [9.17, 15) is 5.11 Å². The van der Waals surface area contributed by atoms with Gasteiger partial charge in [0.2, 0.25) is 0 Å². The summed E-state index contributed by atoms with van der Waals surface area (Å²) in [5.74, 6) is 0.